The van der Waals surface area contributed by atoms with Crippen molar-refractivity contribution in [2.45, 2.75) is 20.4 Å². The van der Waals surface area contributed by atoms with E-state index < -0.39 is 0 Å². The standard InChI is InChI=1S/C17H21N7O/c1-12-10-13(2)24-16(20-12)14(11-19-24)15-18-4-5-22(15)8-9-23-7-6-21(3)17(23)25/h4-5,10-11H,6-9H2,1-3H3. The maximum absolute atomic E-state index is 12.0. The molecule has 2 amide bonds. The van der Waals surface area contributed by atoms with E-state index in [1.165, 1.54) is 0 Å². The van der Waals surface area contributed by atoms with Crippen molar-refractivity contribution >= 4 is 11.7 Å². The average Bonchev–Trinajstić information content (AvgIpc) is 3.26. The quantitative estimate of drug-likeness (QED) is 0.723. The number of urea groups is 1. The number of hydrogen-bond donors (Lipinski definition) is 0. The molecule has 1 fully saturated rings. The van der Waals surface area contributed by atoms with E-state index >= 15 is 0 Å². The summed E-state index contributed by atoms with van der Waals surface area (Å²) in [5.41, 5.74) is 3.71. The summed E-state index contributed by atoms with van der Waals surface area (Å²) < 4.78 is 3.89. The Balaban J connectivity index is 1.63. The van der Waals surface area contributed by atoms with Gasteiger partial charge in [-0.25, -0.2) is 19.3 Å². The summed E-state index contributed by atoms with van der Waals surface area (Å²) in [7, 11) is 1.83. The summed E-state index contributed by atoms with van der Waals surface area (Å²) >= 11 is 0. The first-order valence-corrected chi connectivity index (χ1v) is 8.38. The number of imidazole rings is 1. The lowest BCUT2D eigenvalue weighted by molar-refractivity contribution is 0.197. The highest BCUT2D eigenvalue weighted by atomic mass is 16.2. The lowest BCUT2D eigenvalue weighted by Crippen LogP contribution is -2.32. The zero-order valence-electron chi connectivity index (χ0n) is 14.7. The third-order valence-corrected chi connectivity index (χ3v) is 4.65. The molecule has 3 aromatic heterocycles. The third-order valence-electron chi connectivity index (χ3n) is 4.65. The van der Waals surface area contributed by atoms with Gasteiger partial charge in [0.25, 0.3) is 0 Å². The number of likely N-dealkylation sites (N-methyl/N-ethyl adjacent to an activating group) is 1. The Morgan fingerprint density at radius 1 is 1.20 bits per heavy atom. The minimum Gasteiger partial charge on any atom is -0.329 e. The van der Waals surface area contributed by atoms with Crippen molar-refractivity contribution in [3.8, 4) is 11.4 Å². The summed E-state index contributed by atoms with van der Waals surface area (Å²) in [4.78, 5) is 24.8. The molecule has 25 heavy (non-hydrogen) atoms. The Bertz CT molecular complexity index is 942. The Kier molecular flexibility index (Phi) is 3.67. The van der Waals surface area contributed by atoms with Gasteiger partial charge in [-0.1, -0.05) is 0 Å². The summed E-state index contributed by atoms with van der Waals surface area (Å²) in [5.74, 6) is 0.826. The molecule has 0 N–H and O–H groups in total. The van der Waals surface area contributed by atoms with Gasteiger partial charge in [0, 0.05) is 57.0 Å². The minimum absolute atomic E-state index is 0.0885. The van der Waals surface area contributed by atoms with E-state index in [4.69, 9.17) is 0 Å². The van der Waals surface area contributed by atoms with Crippen LogP contribution in [0.2, 0.25) is 0 Å². The van der Waals surface area contributed by atoms with E-state index in [0.29, 0.717) is 13.1 Å². The molecule has 130 valence electrons. The molecule has 0 spiro atoms. The zero-order chi connectivity index (χ0) is 17.6. The third kappa shape index (κ3) is 2.63. The van der Waals surface area contributed by atoms with Gasteiger partial charge in [0.2, 0.25) is 0 Å². The molecule has 8 nitrogen and oxygen atoms in total. The van der Waals surface area contributed by atoms with E-state index in [1.807, 2.05) is 48.8 Å². The van der Waals surface area contributed by atoms with Gasteiger partial charge in [0.15, 0.2) is 5.65 Å². The van der Waals surface area contributed by atoms with Crippen molar-refractivity contribution in [1.29, 1.82) is 0 Å². The highest BCUT2D eigenvalue weighted by Gasteiger charge is 2.25. The Morgan fingerprint density at radius 3 is 2.80 bits per heavy atom. The van der Waals surface area contributed by atoms with E-state index in [2.05, 4.69) is 19.6 Å². The molecule has 1 aliphatic heterocycles. The van der Waals surface area contributed by atoms with Crippen LogP contribution in [0, 0.1) is 13.8 Å². The lowest BCUT2D eigenvalue weighted by atomic mass is 10.3. The number of aryl methyl sites for hydroxylation is 2. The topological polar surface area (TPSA) is 71.6 Å². The molecule has 0 aliphatic carbocycles. The maximum Gasteiger partial charge on any atom is 0.319 e. The molecule has 0 aromatic carbocycles. The molecule has 4 rings (SSSR count). The van der Waals surface area contributed by atoms with Crippen LogP contribution in [-0.2, 0) is 6.54 Å². The SMILES string of the molecule is Cc1cc(C)n2ncc(-c3nccn3CCN3CCN(C)C3=O)c2n1. The monoisotopic (exact) mass is 339 g/mol. The molecule has 0 unspecified atom stereocenters. The molecule has 1 aliphatic rings. The van der Waals surface area contributed by atoms with Crippen LogP contribution in [0.1, 0.15) is 11.4 Å². The highest BCUT2D eigenvalue weighted by molar-refractivity contribution is 5.76. The fraction of sp³-hybridized carbons (Fsp3) is 0.412. The van der Waals surface area contributed by atoms with Gasteiger partial charge >= 0.3 is 6.03 Å². The van der Waals surface area contributed by atoms with Gasteiger partial charge in [-0.2, -0.15) is 5.10 Å². The number of carbonyl (C=O) groups is 1. The van der Waals surface area contributed by atoms with Crippen LogP contribution in [-0.4, -0.2) is 66.7 Å². The summed E-state index contributed by atoms with van der Waals surface area (Å²) in [6.07, 6.45) is 5.52. The predicted molar refractivity (Wildman–Crippen MR) is 93.3 cm³/mol. The van der Waals surface area contributed by atoms with Crippen LogP contribution >= 0.6 is 0 Å². The van der Waals surface area contributed by atoms with Crippen LogP contribution in [0.25, 0.3) is 17.0 Å². The summed E-state index contributed by atoms with van der Waals surface area (Å²) in [6.45, 7) is 6.91. The van der Waals surface area contributed by atoms with Crippen molar-refractivity contribution < 1.29 is 4.79 Å². The summed E-state index contributed by atoms with van der Waals surface area (Å²) in [6, 6.07) is 2.09. The first kappa shape index (κ1) is 15.6. The normalized spacial score (nSPS) is 14.9. The maximum atomic E-state index is 12.0. The van der Waals surface area contributed by atoms with Gasteiger partial charge in [-0.3, -0.25) is 0 Å². The van der Waals surface area contributed by atoms with Crippen molar-refractivity contribution in [2.24, 2.45) is 0 Å². The summed E-state index contributed by atoms with van der Waals surface area (Å²) in [5, 5.41) is 4.45. The fourth-order valence-electron chi connectivity index (χ4n) is 3.30. The van der Waals surface area contributed by atoms with Crippen LogP contribution in [0.4, 0.5) is 4.79 Å². The molecule has 0 radical (unpaired) electrons. The molecule has 1 saturated heterocycles. The molecule has 8 heteroatoms. The first-order valence-electron chi connectivity index (χ1n) is 8.38. The van der Waals surface area contributed by atoms with Gasteiger partial charge < -0.3 is 14.4 Å². The second kappa shape index (κ2) is 5.87. The van der Waals surface area contributed by atoms with Gasteiger partial charge in [-0.15, -0.1) is 0 Å². The van der Waals surface area contributed by atoms with Crippen molar-refractivity contribution in [1.82, 2.24) is 33.9 Å². The van der Waals surface area contributed by atoms with E-state index in [9.17, 15) is 4.79 Å². The van der Waals surface area contributed by atoms with Crippen LogP contribution in [0.3, 0.4) is 0 Å². The van der Waals surface area contributed by atoms with E-state index in [0.717, 1.165) is 41.5 Å². The highest BCUT2D eigenvalue weighted by Crippen LogP contribution is 2.23. The fourth-order valence-corrected chi connectivity index (χ4v) is 3.30. The second-order valence-electron chi connectivity index (χ2n) is 6.47. The number of rotatable bonds is 4. The number of hydrogen-bond acceptors (Lipinski definition) is 4. The number of aromatic nitrogens is 5. The second-order valence-corrected chi connectivity index (χ2v) is 6.47. The number of fused-ring (bicyclic) bond motifs is 1. The number of carbonyl (C=O) groups excluding carboxylic acids is 1. The smallest absolute Gasteiger partial charge is 0.319 e. The van der Waals surface area contributed by atoms with Crippen LogP contribution in [0.5, 0.6) is 0 Å². The molecular weight excluding hydrogens is 318 g/mol. The van der Waals surface area contributed by atoms with E-state index in [1.54, 1.807) is 11.1 Å². The molecule has 4 heterocycles. The van der Waals surface area contributed by atoms with Crippen LogP contribution < -0.4 is 0 Å². The Morgan fingerprint density at radius 2 is 2.04 bits per heavy atom. The molecule has 0 bridgehead atoms. The number of amides is 2. The minimum atomic E-state index is 0.0885. The van der Waals surface area contributed by atoms with E-state index in [-0.39, 0.29) is 6.03 Å². The number of nitrogens with zero attached hydrogens (tertiary/aromatic N) is 7. The Labute approximate surface area is 145 Å². The Hall–Kier alpha value is -2.90. The predicted octanol–water partition coefficient (Wildman–Crippen LogP) is 1.58. The van der Waals surface area contributed by atoms with Gasteiger partial charge in [0.05, 0.1) is 11.8 Å². The lowest BCUT2D eigenvalue weighted by Gasteiger charge is -2.16. The molecule has 0 atom stereocenters. The molecule has 0 saturated carbocycles. The van der Waals surface area contributed by atoms with Gasteiger partial charge in [-0.05, 0) is 19.9 Å². The van der Waals surface area contributed by atoms with Gasteiger partial charge in [0.1, 0.15) is 5.82 Å². The molecule has 3 aromatic rings. The van der Waals surface area contributed by atoms with Crippen molar-refractivity contribution in [3.05, 3.63) is 36.0 Å². The first-order chi connectivity index (χ1) is 12.0. The largest absolute Gasteiger partial charge is 0.329 e. The van der Waals surface area contributed by atoms with Crippen molar-refractivity contribution in [2.75, 3.05) is 26.7 Å². The average molecular weight is 339 g/mol. The zero-order valence-corrected chi connectivity index (χ0v) is 14.7. The van der Waals surface area contributed by atoms with Crippen LogP contribution in [0.15, 0.2) is 24.7 Å². The molecular formula is C17H21N7O. The van der Waals surface area contributed by atoms with Crippen molar-refractivity contribution in [3.63, 3.8) is 0 Å².